The average Bonchev–Trinajstić information content (AvgIpc) is 2.97. The Hall–Kier alpha value is -4.20. The fourth-order valence-corrected chi connectivity index (χ4v) is 3.45. The molecule has 1 heterocycles. The lowest BCUT2D eigenvalue weighted by Gasteiger charge is -2.12. The highest BCUT2D eigenvalue weighted by Gasteiger charge is 2.29. The van der Waals surface area contributed by atoms with Crippen LogP contribution in [0.15, 0.2) is 69.0 Å². The minimum Gasteiger partial charge on any atom is -0.478 e. The van der Waals surface area contributed by atoms with E-state index in [1.54, 1.807) is 42.9 Å². The highest BCUT2D eigenvalue weighted by molar-refractivity contribution is 5.89. The van der Waals surface area contributed by atoms with Gasteiger partial charge in [-0.15, -0.1) is 0 Å². The summed E-state index contributed by atoms with van der Waals surface area (Å²) in [4.78, 5) is 48.8. The second-order valence-electron chi connectivity index (χ2n) is 6.85. The molecule has 2 N–H and O–H groups in total. The zero-order valence-corrected chi connectivity index (χ0v) is 16.2. The lowest BCUT2D eigenvalue weighted by molar-refractivity contribution is 0.0697. The van der Waals surface area contributed by atoms with Crippen LogP contribution >= 0.6 is 0 Å². The third-order valence-corrected chi connectivity index (χ3v) is 5.12. The van der Waals surface area contributed by atoms with Gasteiger partial charge in [0.25, 0.3) is 11.0 Å². The average molecular weight is 403 g/mol. The summed E-state index contributed by atoms with van der Waals surface area (Å²) >= 11 is 0. The number of aromatic carboxylic acids is 1. The second-order valence-corrected chi connectivity index (χ2v) is 6.85. The number of benzene rings is 2. The predicted molar refractivity (Wildman–Crippen MR) is 113 cm³/mol. The van der Waals surface area contributed by atoms with Crippen molar-refractivity contribution >= 4 is 17.3 Å². The number of para-hydroxylation sites is 1. The van der Waals surface area contributed by atoms with Gasteiger partial charge in [0, 0.05) is 18.4 Å². The van der Waals surface area contributed by atoms with Crippen molar-refractivity contribution in [3.8, 4) is 16.8 Å². The van der Waals surface area contributed by atoms with Crippen LogP contribution in [0.25, 0.3) is 16.8 Å². The van der Waals surface area contributed by atoms with Crippen LogP contribution in [-0.2, 0) is 7.05 Å². The summed E-state index contributed by atoms with van der Waals surface area (Å²) in [6.45, 7) is 1.71. The molecule has 0 bridgehead atoms. The van der Waals surface area contributed by atoms with Crippen molar-refractivity contribution in [1.29, 1.82) is 0 Å². The minimum atomic E-state index is -1.07. The number of nitrogens with one attached hydrogen (secondary N) is 1. The van der Waals surface area contributed by atoms with Crippen LogP contribution in [0.2, 0.25) is 0 Å². The molecule has 3 aromatic carbocycles. The van der Waals surface area contributed by atoms with Gasteiger partial charge in [0.1, 0.15) is 5.69 Å². The second kappa shape index (κ2) is 7.00. The number of carbonyl (C=O) groups is 1. The van der Waals surface area contributed by atoms with Gasteiger partial charge in [-0.2, -0.15) is 0 Å². The van der Waals surface area contributed by atoms with Crippen molar-refractivity contribution < 1.29 is 9.90 Å². The summed E-state index contributed by atoms with van der Waals surface area (Å²) in [5.41, 5.74) is 0.0713. The lowest BCUT2D eigenvalue weighted by atomic mass is 9.98. The van der Waals surface area contributed by atoms with Crippen molar-refractivity contribution in [1.82, 2.24) is 9.36 Å². The molecule has 8 nitrogen and oxygen atoms in total. The Kier molecular flexibility index (Phi) is 4.46. The Bertz CT molecular complexity index is 1400. The molecule has 0 spiro atoms. The normalized spacial score (nSPS) is 11.0. The molecule has 4 aromatic rings. The van der Waals surface area contributed by atoms with Crippen molar-refractivity contribution in [3.63, 3.8) is 0 Å². The Morgan fingerprint density at radius 1 is 0.900 bits per heavy atom. The Balaban J connectivity index is 1.81. The van der Waals surface area contributed by atoms with Gasteiger partial charge >= 0.3 is 5.97 Å². The molecule has 4 rings (SSSR count). The van der Waals surface area contributed by atoms with Crippen LogP contribution in [0, 0.1) is 6.92 Å². The highest BCUT2D eigenvalue weighted by Crippen LogP contribution is 2.27. The number of nitrogens with zero attached hydrogens (tertiary/aromatic N) is 2. The summed E-state index contributed by atoms with van der Waals surface area (Å²) in [6.07, 6.45) is 0. The molecule has 0 saturated carbocycles. The van der Waals surface area contributed by atoms with Crippen molar-refractivity contribution in [2.24, 2.45) is 7.05 Å². The first-order chi connectivity index (χ1) is 14.3. The van der Waals surface area contributed by atoms with Gasteiger partial charge in [0.05, 0.1) is 22.4 Å². The maximum atomic E-state index is 13.2. The SMILES string of the molecule is Cc1c(-c2c(Nc3ccc(C(=O)O)cc3)c(=O)c2=O)c(=O)n(-c2ccccc2)n1C. The van der Waals surface area contributed by atoms with Gasteiger partial charge in [0.15, 0.2) is 0 Å². The first kappa shape index (κ1) is 19.1. The maximum Gasteiger partial charge on any atom is 0.335 e. The fourth-order valence-electron chi connectivity index (χ4n) is 3.45. The van der Waals surface area contributed by atoms with Gasteiger partial charge in [-0.05, 0) is 43.3 Å². The molecule has 0 saturated heterocycles. The first-order valence-corrected chi connectivity index (χ1v) is 9.09. The third-order valence-electron chi connectivity index (χ3n) is 5.12. The summed E-state index contributed by atoms with van der Waals surface area (Å²) in [7, 11) is 1.70. The number of hydrogen-bond acceptors (Lipinski definition) is 5. The fraction of sp³-hybridized carbons (Fsp3) is 0.0909. The molecule has 0 atom stereocenters. The molecule has 0 aliphatic heterocycles. The first-order valence-electron chi connectivity index (χ1n) is 9.09. The number of anilines is 2. The van der Waals surface area contributed by atoms with Gasteiger partial charge in [0.2, 0.25) is 5.43 Å². The number of hydrogen-bond donors (Lipinski definition) is 2. The summed E-state index contributed by atoms with van der Waals surface area (Å²) < 4.78 is 3.07. The number of rotatable bonds is 5. The molecule has 0 radical (unpaired) electrons. The van der Waals surface area contributed by atoms with Crippen LogP contribution in [0.1, 0.15) is 16.1 Å². The van der Waals surface area contributed by atoms with Gasteiger partial charge in [-0.25, -0.2) is 9.48 Å². The lowest BCUT2D eigenvalue weighted by Crippen LogP contribution is -2.37. The van der Waals surface area contributed by atoms with E-state index in [9.17, 15) is 19.2 Å². The quantitative estimate of drug-likeness (QED) is 0.494. The zero-order valence-electron chi connectivity index (χ0n) is 16.2. The molecule has 0 unspecified atom stereocenters. The van der Waals surface area contributed by atoms with E-state index in [0.29, 0.717) is 17.1 Å². The van der Waals surface area contributed by atoms with Crippen LogP contribution in [-0.4, -0.2) is 20.4 Å². The highest BCUT2D eigenvalue weighted by atomic mass is 16.4. The summed E-state index contributed by atoms with van der Waals surface area (Å²) in [5, 5.41) is 11.9. The van der Waals surface area contributed by atoms with Gasteiger partial charge < -0.3 is 10.4 Å². The molecule has 8 heteroatoms. The number of carboxylic acids is 1. The van der Waals surface area contributed by atoms with E-state index in [4.69, 9.17) is 5.11 Å². The Morgan fingerprint density at radius 3 is 2.13 bits per heavy atom. The Labute approximate surface area is 169 Å². The molecule has 0 fully saturated rings. The number of aromatic nitrogens is 2. The van der Waals surface area contributed by atoms with Crippen molar-refractivity contribution in [3.05, 3.63) is 96.7 Å². The van der Waals surface area contributed by atoms with E-state index in [-0.39, 0.29) is 22.4 Å². The van der Waals surface area contributed by atoms with Crippen LogP contribution in [0.5, 0.6) is 0 Å². The zero-order chi connectivity index (χ0) is 21.6. The largest absolute Gasteiger partial charge is 0.478 e. The molecular formula is C22H17N3O5. The van der Waals surface area contributed by atoms with Crippen molar-refractivity contribution in [2.75, 3.05) is 5.32 Å². The molecule has 150 valence electrons. The van der Waals surface area contributed by atoms with Gasteiger partial charge in [-0.1, -0.05) is 18.2 Å². The van der Waals surface area contributed by atoms with Gasteiger partial charge in [-0.3, -0.25) is 19.1 Å². The standard InChI is InChI=1S/C22H17N3O5/c1-12-16(21(28)25(24(12)2)15-6-4-3-5-7-15)17-18(20(27)19(17)26)23-14-10-8-13(9-11-14)22(29)30/h3-11,23H,1-2H3,(H,29,30). The van der Waals surface area contributed by atoms with Crippen LogP contribution in [0.4, 0.5) is 11.4 Å². The van der Waals surface area contributed by atoms with E-state index in [1.165, 1.54) is 28.9 Å². The van der Waals surface area contributed by atoms with E-state index in [0.717, 1.165) is 0 Å². The molecule has 0 amide bonds. The topological polar surface area (TPSA) is 110 Å². The molecule has 30 heavy (non-hydrogen) atoms. The van der Waals surface area contributed by atoms with Crippen LogP contribution in [0.3, 0.4) is 0 Å². The van der Waals surface area contributed by atoms with E-state index >= 15 is 0 Å². The smallest absolute Gasteiger partial charge is 0.335 e. The van der Waals surface area contributed by atoms with E-state index in [1.807, 2.05) is 6.07 Å². The van der Waals surface area contributed by atoms with Crippen molar-refractivity contribution in [2.45, 2.75) is 6.92 Å². The van der Waals surface area contributed by atoms with E-state index in [2.05, 4.69) is 5.32 Å². The Morgan fingerprint density at radius 2 is 1.53 bits per heavy atom. The minimum absolute atomic E-state index is 0.0223. The predicted octanol–water partition coefficient (Wildman–Crippen LogP) is 2.19. The molecule has 1 aromatic heterocycles. The maximum absolute atomic E-state index is 13.2. The monoisotopic (exact) mass is 403 g/mol. The summed E-state index contributed by atoms with van der Waals surface area (Å²) in [5.74, 6) is -1.07. The van der Waals surface area contributed by atoms with Crippen LogP contribution < -0.4 is 21.7 Å². The van der Waals surface area contributed by atoms with E-state index < -0.39 is 22.4 Å². The number of carboxylic acid groups (broad SMARTS) is 1. The third kappa shape index (κ3) is 2.86. The molecule has 0 aliphatic rings. The molecular weight excluding hydrogens is 386 g/mol. The molecule has 0 aliphatic carbocycles. The summed E-state index contributed by atoms with van der Waals surface area (Å²) in [6, 6.07) is 14.7.